The maximum Gasteiger partial charge on any atom is 0.265 e. The molecular weight excluding hydrogens is 320 g/mol. The summed E-state index contributed by atoms with van der Waals surface area (Å²) in [5, 5.41) is 2.90. The number of thiophene rings is 1. The highest BCUT2D eigenvalue weighted by molar-refractivity contribution is 7.14. The highest BCUT2D eigenvalue weighted by Gasteiger charge is 2.17. The molecule has 4 nitrogen and oxygen atoms in total. The molecule has 6 heteroatoms. The highest BCUT2D eigenvalue weighted by atomic mass is 35.5. The predicted molar refractivity (Wildman–Crippen MR) is 93.6 cm³/mol. The van der Waals surface area contributed by atoms with Crippen molar-refractivity contribution in [2.75, 3.05) is 18.2 Å². The highest BCUT2D eigenvalue weighted by Crippen LogP contribution is 2.30. The topological polar surface area (TPSA) is 64.3 Å². The Bertz CT molecular complexity index is 661. The van der Waals surface area contributed by atoms with E-state index < -0.39 is 0 Å². The molecule has 0 aliphatic heterocycles. The third-order valence-electron chi connectivity index (χ3n) is 3.71. The van der Waals surface area contributed by atoms with E-state index in [-0.39, 0.29) is 18.3 Å². The molecule has 2 aromatic rings. The molecule has 22 heavy (non-hydrogen) atoms. The summed E-state index contributed by atoms with van der Waals surface area (Å²) >= 11 is 1.61. The molecule has 1 heterocycles. The van der Waals surface area contributed by atoms with Crippen molar-refractivity contribution >= 4 is 41.0 Å². The molecule has 0 saturated heterocycles. The van der Waals surface area contributed by atoms with Crippen molar-refractivity contribution in [3.8, 4) is 5.75 Å². The van der Waals surface area contributed by atoms with Gasteiger partial charge >= 0.3 is 0 Å². The fraction of sp³-hybridized carbons (Fsp3) is 0.312. The molecular formula is C16H19ClN2O2S. The molecule has 1 amide bonds. The lowest BCUT2D eigenvalue weighted by Gasteiger charge is -2.08. The molecule has 0 bridgehead atoms. The van der Waals surface area contributed by atoms with Crippen molar-refractivity contribution < 1.29 is 9.53 Å². The van der Waals surface area contributed by atoms with Crippen LogP contribution in [-0.2, 0) is 12.8 Å². The number of carbonyl (C=O) groups is 1. The largest absolute Gasteiger partial charge is 0.495 e. The Labute approximate surface area is 140 Å². The monoisotopic (exact) mass is 338 g/mol. The minimum absolute atomic E-state index is 0. The second-order valence-electron chi connectivity index (χ2n) is 5.18. The quantitative estimate of drug-likeness (QED) is 0.834. The number of aryl methyl sites for hydroxylation is 2. The number of benzene rings is 1. The Hall–Kier alpha value is -1.72. The van der Waals surface area contributed by atoms with Crippen LogP contribution in [0.25, 0.3) is 0 Å². The van der Waals surface area contributed by atoms with Gasteiger partial charge in [-0.2, -0.15) is 0 Å². The smallest absolute Gasteiger partial charge is 0.265 e. The lowest BCUT2D eigenvalue weighted by atomic mass is 9.99. The van der Waals surface area contributed by atoms with Crippen molar-refractivity contribution in [1.29, 1.82) is 0 Å². The van der Waals surface area contributed by atoms with E-state index >= 15 is 0 Å². The summed E-state index contributed by atoms with van der Waals surface area (Å²) in [5.41, 5.74) is 8.39. The molecule has 0 fully saturated rings. The molecule has 3 N–H and O–H groups in total. The Morgan fingerprint density at radius 2 is 2.05 bits per heavy atom. The van der Waals surface area contributed by atoms with Crippen LogP contribution >= 0.6 is 23.7 Å². The molecule has 1 aromatic carbocycles. The molecule has 1 aromatic heterocycles. The summed E-state index contributed by atoms with van der Waals surface area (Å²) in [5.74, 6) is 0.540. The lowest BCUT2D eigenvalue weighted by Crippen LogP contribution is -2.10. The van der Waals surface area contributed by atoms with E-state index in [9.17, 15) is 4.79 Å². The second kappa shape index (κ2) is 7.03. The van der Waals surface area contributed by atoms with Crippen LogP contribution in [0.4, 0.5) is 11.4 Å². The third kappa shape index (κ3) is 3.36. The number of halogens is 1. The average molecular weight is 339 g/mol. The molecule has 0 spiro atoms. The Morgan fingerprint density at radius 1 is 1.27 bits per heavy atom. The van der Waals surface area contributed by atoms with E-state index in [0.717, 1.165) is 17.7 Å². The summed E-state index contributed by atoms with van der Waals surface area (Å²) < 4.78 is 5.11. The molecule has 0 atom stereocenters. The zero-order valence-corrected chi connectivity index (χ0v) is 14.0. The van der Waals surface area contributed by atoms with Crippen LogP contribution < -0.4 is 15.8 Å². The molecule has 1 aliphatic carbocycles. The number of hydrogen-bond donors (Lipinski definition) is 2. The van der Waals surface area contributed by atoms with Gasteiger partial charge in [0.15, 0.2) is 0 Å². The zero-order chi connectivity index (χ0) is 14.8. The standard InChI is InChI=1S/C16H18N2O2S.ClH/c1-20-13-7-6-11(9-12(13)17)18-16(19)15-8-10-4-2-3-5-14(10)21-15;/h6-9H,2-5,17H2,1H3,(H,18,19);1H. The molecule has 0 unspecified atom stereocenters. The first-order valence-electron chi connectivity index (χ1n) is 7.04. The van der Waals surface area contributed by atoms with Gasteiger partial charge in [0.1, 0.15) is 5.75 Å². The maximum absolute atomic E-state index is 12.3. The normalized spacial score (nSPS) is 13.0. The van der Waals surface area contributed by atoms with Gasteiger partial charge in [-0.05, 0) is 55.5 Å². The van der Waals surface area contributed by atoms with Crippen LogP contribution in [-0.4, -0.2) is 13.0 Å². The number of nitrogens with two attached hydrogens (primary N) is 1. The molecule has 3 rings (SSSR count). The van der Waals surface area contributed by atoms with E-state index in [1.54, 1.807) is 36.6 Å². The average Bonchev–Trinajstić information content (AvgIpc) is 2.91. The van der Waals surface area contributed by atoms with Crippen molar-refractivity contribution in [3.63, 3.8) is 0 Å². The number of rotatable bonds is 3. The SMILES string of the molecule is COc1ccc(NC(=O)c2cc3c(s2)CCCC3)cc1N.Cl. The van der Waals surface area contributed by atoms with E-state index in [1.807, 2.05) is 6.07 Å². The van der Waals surface area contributed by atoms with Crippen molar-refractivity contribution in [2.24, 2.45) is 0 Å². The van der Waals surface area contributed by atoms with Gasteiger partial charge in [0, 0.05) is 10.6 Å². The fourth-order valence-electron chi connectivity index (χ4n) is 2.61. The van der Waals surface area contributed by atoms with Crippen LogP contribution in [0.2, 0.25) is 0 Å². The summed E-state index contributed by atoms with van der Waals surface area (Å²) in [6.07, 6.45) is 4.64. The number of amides is 1. The van der Waals surface area contributed by atoms with E-state index in [0.29, 0.717) is 17.1 Å². The van der Waals surface area contributed by atoms with E-state index in [2.05, 4.69) is 5.32 Å². The summed E-state index contributed by atoms with van der Waals surface area (Å²) in [6, 6.07) is 7.29. The van der Waals surface area contributed by atoms with Gasteiger partial charge in [0.25, 0.3) is 5.91 Å². The predicted octanol–water partition coefficient (Wildman–Crippen LogP) is 3.89. The van der Waals surface area contributed by atoms with Crippen LogP contribution in [0, 0.1) is 0 Å². The maximum atomic E-state index is 12.3. The number of anilines is 2. The number of nitrogen functional groups attached to an aromatic ring is 1. The Kier molecular flexibility index (Phi) is 5.32. The Balaban J connectivity index is 0.00000176. The van der Waals surface area contributed by atoms with Crippen molar-refractivity contribution in [1.82, 2.24) is 0 Å². The van der Waals surface area contributed by atoms with E-state index in [1.165, 1.54) is 23.3 Å². The van der Waals surface area contributed by atoms with Gasteiger partial charge < -0.3 is 15.8 Å². The van der Waals surface area contributed by atoms with Gasteiger partial charge in [-0.15, -0.1) is 23.7 Å². The number of fused-ring (bicyclic) bond motifs is 1. The van der Waals surface area contributed by atoms with E-state index in [4.69, 9.17) is 10.5 Å². The minimum atomic E-state index is -0.0704. The van der Waals surface area contributed by atoms with Crippen LogP contribution in [0.15, 0.2) is 24.3 Å². The lowest BCUT2D eigenvalue weighted by molar-refractivity contribution is 0.103. The number of carbonyl (C=O) groups excluding carboxylic acids is 1. The number of ether oxygens (including phenoxy) is 1. The fourth-order valence-corrected chi connectivity index (χ4v) is 3.76. The van der Waals surface area contributed by atoms with Crippen molar-refractivity contribution in [3.05, 3.63) is 39.6 Å². The number of hydrogen-bond acceptors (Lipinski definition) is 4. The molecule has 0 saturated carbocycles. The summed E-state index contributed by atoms with van der Waals surface area (Å²) in [7, 11) is 1.57. The number of nitrogens with one attached hydrogen (secondary N) is 1. The summed E-state index contributed by atoms with van der Waals surface area (Å²) in [6.45, 7) is 0. The number of methoxy groups -OCH3 is 1. The van der Waals surface area contributed by atoms with Gasteiger partial charge in [-0.25, -0.2) is 0 Å². The first-order chi connectivity index (χ1) is 10.2. The molecule has 0 radical (unpaired) electrons. The Morgan fingerprint density at radius 3 is 2.73 bits per heavy atom. The minimum Gasteiger partial charge on any atom is -0.495 e. The zero-order valence-electron chi connectivity index (χ0n) is 12.3. The molecule has 118 valence electrons. The third-order valence-corrected chi connectivity index (χ3v) is 4.94. The van der Waals surface area contributed by atoms with Crippen molar-refractivity contribution in [2.45, 2.75) is 25.7 Å². The van der Waals surface area contributed by atoms with Crippen LogP contribution in [0.1, 0.15) is 33.0 Å². The second-order valence-corrected chi connectivity index (χ2v) is 6.31. The van der Waals surface area contributed by atoms with Gasteiger partial charge in [-0.1, -0.05) is 0 Å². The van der Waals surface area contributed by atoms with Gasteiger partial charge in [0.2, 0.25) is 0 Å². The van der Waals surface area contributed by atoms with Gasteiger partial charge in [-0.3, -0.25) is 4.79 Å². The first-order valence-corrected chi connectivity index (χ1v) is 7.85. The summed E-state index contributed by atoms with van der Waals surface area (Å²) in [4.78, 5) is 14.5. The molecule has 1 aliphatic rings. The van der Waals surface area contributed by atoms with Crippen LogP contribution in [0.5, 0.6) is 5.75 Å². The first kappa shape index (κ1) is 16.6. The van der Waals surface area contributed by atoms with Gasteiger partial charge in [0.05, 0.1) is 17.7 Å². The van der Waals surface area contributed by atoms with Crippen LogP contribution in [0.3, 0.4) is 0 Å².